The fourth-order valence-electron chi connectivity index (χ4n) is 1.55. The van der Waals surface area contributed by atoms with Crippen molar-refractivity contribution < 1.29 is 0 Å². The molecule has 0 amide bonds. The first-order valence-corrected chi connectivity index (χ1v) is 5.37. The molecular weight excluding hydrogens is 202 g/mol. The Morgan fingerprint density at radius 1 is 1.38 bits per heavy atom. The van der Waals surface area contributed by atoms with Gasteiger partial charge in [-0.1, -0.05) is 6.92 Å². The van der Waals surface area contributed by atoms with Crippen LogP contribution in [0.3, 0.4) is 0 Å². The first-order chi connectivity index (χ1) is 7.90. The molecule has 0 aliphatic rings. The normalized spacial score (nSPS) is 12.6. The maximum absolute atomic E-state index is 4.25. The highest BCUT2D eigenvalue weighted by atomic mass is 15.0. The van der Waals surface area contributed by atoms with Gasteiger partial charge in [0.15, 0.2) is 0 Å². The van der Waals surface area contributed by atoms with Crippen LogP contribution in [0.25, 0.3) is 0 Å². The van der Waals surface area contributed by atoms with Crippen molar-refractivity contribution in [1.82, 2.24) is 25.3 Å². The summed E-state index contributed by atoms with van der Waals surface area (Å²) in [6, 6.07) is 2.15. The number of aromatic amines is 1. The second-order valence-electron chi connectivity index (χ2n) is 3.52. The SMILES string of the molecule is CCC(NCc1ccncn1)c1ncc[nH]1. The van der Waals surface area contributed by atoms with E-state index in [0.717, 1.165) is 24.5 Å². The van der Waals surface area contributed by atoms with E-state index in [2.05, 4.69) is 32.2 Å². The van der Waals surface area contributed by atoms with Gasteiger partial charge in [-0.3, -0.25) is 0 Å². The zero-order valence-corrected chi connectivity index (χ0v) is 9.22. The molecule has 0 saturated carbocycles. The second kappa shape index (κ2) is 5.37. The maximum Gasteiger partial charge on any atom is 0.123 e. The van der Waals surface area contributed by atoms with Crippen LogP contribution in [-0.4, -0.2) is 19.9 Å². The van der Waals surface area contributed by atoms with E-state index in [4.69, 9.17) is 0 Å². The first-order valence-electron chi connectivity index (χ1n) is 5.37. The highest BCUT2D eigenvalue weighted by Crippen LogP contribution is 2.11. The molecule has 0 aliphatic carbocycles. The molecule has 0 spiro atoms. The molecule has 5 heteroatoms. The van der Waals surface area contributed by atoms with Gasteiger partial charge in [-0.25, -0.2) is 15.0 Å². The zero-order valence-electron chi connectivity index (χ0n) is 9.22. The molecule has 1 atom stereocenters. The molecular formula is C11H15N5. The summed E-state index contributed by atoms with van der Waals surface area (Å²) in [6.07, 6.45) is 7.90. The van der Waals surface area contributed by atoms with Crippen LogP contribution in [0.15, 0.2) is 31.0 Å². The van der Waals surface area contributed by atoms with E-state index < -0.39 is 0 Å². The monoisotopic (exact) mass is 217 g/mol. The highest BCUT2D eigenvalue weighted by Gasteiger charge is 2.10. The van der Waals surface area contributed by atoms with Gasteiger partial charge in [-0.15, -0.1) is 0 Å². The molecule has 0 aliphatic heterocycles. The highest BCUT2D eigenvalue weighted by molar-refractivity contribution is 5.00. The van der Waals surface area contributed by atoms with Crippen LogP contribution in [0.2, 0.25) is 0 Å². The van der Waals surface area contributed by atoms with Gasteiger partial charge in [0.05, 0.1) is 11.7 Å². The minimum atomic E-state index is 0.241. The molecule has 0 aromatic carbocycles. The van der Waals surface area contributed by atoms with E-state index in [-0.39, 0.29) is 6.04 Å². The van der Waals surface area contributed by atoms with Crippen molar-refractivity contribution in [2.75, 3.05) is 0 Å². The van der Waals surface area contributed by atoms with E-state index in [1.807, 2.05) is 12.3 Å². The summed E-state index contributed by atoms with van der Waals surface area (Å²) in [6.45, 7) is 2.85. The Morgan fingerprint density at radius 3 is 2.94 bits per heavy atom. The van der Waals surface area contributed by atoms with Gasteiger partial charge in [0.1, 0.15) is 12.2 Å². The third-order valence-electron chi connectivity index (χ3n) is 2.43. The summed E-state index contributed by atoms with van der Waals surface area (Å²) in [5.41, 5.74) is 0.986. The number of hydrogen-bond donors (Lipinski definition) is 2. The average Bonchev–Trinajstić information content (AvgIpc) is 2.85. The van der Waals surface area contributed by atoms with Crippen molar-refractivity contribution >= 4 is 0 Å². The topological polar surface area (TPSA) is 66.5 Å². The minimum Gasteiger partial charge on any atom is -0.347 e. The molecule has 1 unspecified atom stereocenters. The Hall–Kier alpha value is -1.75. The van der Waals surface area contributed by atoms with Gasteiger partial charge in [0.2, 0.25) is 0 Å². The largest absolute Gasteiger partial charge is 0.347 e. The third kappa shape index (κ3) is 2.64. The molecule has 16 heavy (non-hydrogen) atoms. The van der Waals surface area contributed by atoms with E-state index in [1.165, 1.54) is 0 Å². The molecule has 0 fully saturated rings. The summed E-state index contributed by atoms with van der Waals surface area (Å²) in [4.78, 5) is 15.4. The van der Waals surface area contributed by atoms with Crippen molar-refractivity contribution in [3.8, 4) is 0 Å². The summed E-state index contributed by atoms with van der Waals surface area (Å²) < 4.78 is 0. The molecule has 2 N–H and O–H groups in total. The van der Waals surface area contributed by atoms with E-state index >= 15 is 0 Å². The lowest BCUT2D eigenvalue weighted by Gasteiger charge is -2.13. The van der Waals surface area contributed by atoms with Gasteiger partial charge >= 0.3 is 0 Å². The maximum atomic E-state index is 4.25. The van der Waals surface area contributed by atoms with Crippen molar-refractivity contribution in [2.45, 2.75) is 25.9 Å². The van der Waals surface area contributed by atoms with Gasteiger partial charge in [0, 0.05) is 25.1 Å². The van der Waals surface area contributed by atoms with Gasteiger partial charge in [0.25, 0.3) is 0 Å². The van der Waals surface area contributed by atoms with E-state index in [9.17, 15) is 0 Å². The number of nitrogens with one attached hydrogen (secondary N) is 2. The van der Waals surface area contributed by atoms with Crippen LogP contribution in [0.5, 0.6) is 0 Å². The number of rotatable bonds is 5. The fourth-order valence-corrected chi connectivity index (χ4v) is 1.55. The summed E-state index contributed by atoms with van der Waals surface area (Å²) >= 11 is 0. The van der Waals surface area contributed by atoms with Crippen molar-refractivity contribution in [1.29, 1.82) is 0 Å². The number of nitrogens with zero attached hydrogens (tertiary/aromatic N) is 3. The lowest BCUT2D eigenvalue weighted by molar-refractivity contribution is 0.493. The Bertz CT molecular complexity index is 398. The lowest BCUT2D eigenvalue weighted by atomic mass is 10.2. The summed E-state index contributed by atoms with van der Waals surface area (Å²) in [7, 11) is 0. The number of hydrogen-bond acceptors (Lipinski definition) is 4. The molecule has 0 saturated heterocycles. The van der Waals surface area contributed by atoms with Crippen molar-refractivity contribution in [3.05, 3.63) is 42.5 Å². The first kappa shape index (κ1) is 10.8. The van der Waals surface area contributed by atoms with Crippen LogP contribution < -0.4 is 5.32 Å². The number of imidazole rings is 1. The molecule has 0 bridgehead atoms. The molecule has 2 rings (SSSR count). The molecule has 2 aromatic heterocycles. The van der Waals surface area contributed by atoms with Crippen LogP contribution in [0, 0.1) is 0 Å². The molecule has 2 heterocycles. The summed E-state index contributed by atoms with van der Waals surface area (Å²) in [5.74, 6) is 0.969. The van der Waals surface area contributed by atoms with Crippen molar-refractivity contribution in [2.24, 2.45) is 0 Å². The minimum absolute atomic E-state index is 0.241. The molecule has 0 radical (unpaired) electrons. The Labute approximate surface area is 94.4 Å². The predicted molar refractivity (Wildman–Crippen MR) is 60.5 cm³/mol. The third-order valence-corrected chi connectivity index (χ3v) is 2.43. The number of H-pyrrole nitrogens is 1. The van der Waals surface area contributed by atoms with Crippen LogP contribution in [0.4, 0.5) is 0 Å². The second-order valence-corrected chi connectivity index (χ2v) is 3.52. The smallest absolute Gasteiger partial charge is 0.123 e. The quantitative estimate of drug-likeness (QED) is 0.795. The number of aromatic nitrogens is 4. The molecule has 5 nitrogen and oxygen atoms in total. The summed E-state index contributed by atoms with van der Waals surface area (Å²) in [5, 5.41) is 3.40. The van der Waals surface area contributed by atoms with E-state index in [0.29, 0.717) is 0 Å². The Kier molecular flexibility index (Phi) is 3.61. The molecule has 2 aromatic rings. The predicted octanol–water partition coefficient (Wildman–Crippen LogP) is 1.44. The molecule has 84 valence electrons. The Balaban J connectivity index is 1.94. The standard InChI is InChI=1S/C11H15N5/c1-2-10(11-13-5-6-14-11)15-7-9-3-4-12-8-16-9/h3-6,8,10,15H,2,7H2,1H3,(H,13,14). The van der Waals surface area contributed by atoms with E-state index in [1.54, 1.807) is 18.7 Å². The van der Waals surface area contributed by atoms with Gasteiger partial charge in [-0.05, 0) is 12.5 Å². The average molecular weight is 217 g/mol. The lowest BCUT2D eigenvalue weighted by Crippen LogP contribution is -2.21. The van der Waals surface area contributed by atoms with Gasteiger partial charge in [-0.2, -0.15) is 0 Å². The van der Waals surface area contributed by atoms with Crippen molar-refractivity contribution in [3.63, 3.8) is 0 Å². The fraction of sp³-hybridized carbons (Fsp3) is 0.364. The van der Waals surface area contributed by atoms with Crippen LogP contribution in [-0.2, 0) is 6.54 Å². The van der Waals surface area contributed by atoms with Crippen LogP contribution in [0.1, 0.15) is 30.9 Å². The Morgan fingerprint density at radius 2 is 2.31 bits per heavy atom. The van der Waals surface area contributed by atoms with Crippen LogP contribution >= 0.6 is 0 Å². The zero-order chi connectivity index (χ0) is 11.2. The van der Waals surface area contributed by atoms with Gasteiger partial charge < -0.3 is 10.3 Å².